The normalized spacial score (nSPS) is 10.8. The van der Waals surface area contributed by atoms with Gasteiger partial charge in [-0.2, -0.15) is 5.10 Å². The number of rotatable bonds is 5. The van der Waals surface area contributed by atoms with Gasteiger partial charge >= 0.3 is 5.97 Å². The van der Waals surface area contributed by atoms with Gasteiger partial charge in [0.1, 0.15) is 22.9 Å². The predicted molar refractivity (Wildman–Crippen MR) is 103 cm³/mol. The first-order valence-corrected chi connectivity index (χ1v) is 8.64. The van der Waals surface area contributed by atoms with Crippen molar-refractivity contribution in [1.82, 2.24) is 0 Å². The second-order valence-electron chi connectivity index (χ2n) is 5.40. The van der Waals surface area contributed by atoms with Gasteiger partial charge in [-0.05, 0) is 42.5 Å². The molecule has 27 heavy (non-hydrogen) atoms. The summed E-state index contributed by atoms with van der Waals surface area (Å²) in [6.45, 7) is 0. The quantitative estimate of drug-likeness (QED) is 0.255. The lowest BCUT2D eigenvalue weighted by Gasteiger charge is -2.09. The Morgan fingerprint density at radius 1 is 1.00 bits per heavy atom. The largest absolute Gasteiger partial charge is 0.422 e. The highest BCUT2D eigenvalue weighted by Gasteiger charge is 2.20. The van der Waals surface area contributed by atoms with Crippen molar-refractivity contribution in [2.24, 2.45) is 5.10 Å². The van der Waals surface area contributed by atoms with Gasteiger partial charge in [-0.25, -0.2) is 13.6 Å². The lowest BCUT2D eigenvalue weighted by Crippen LogP contribution is -2.14. The van der Waals surface area contributed by atoms with Crippen molar-refractivity contribution in [1.29, 1.82) is 0 Å². The SMILES string of the molecule is O=C(Oc1ccc(Br)cc1C=NNc1ccccc1)c1c(F)cccc1F. The first kappa shape index (κ1) is 18.7. The first-order valence-electron chi connectivity index (χ1n) is 7.84. The summed E-state index contributed by atoms with van der Waals surface area (Å²) in [5.41, 5.74) is 3.31. The lowest BCUT2D eigenvalue weighted by atomic mass is 10.2. The van der Waals surface area contributed by atoms with Gasteiger partial charge in [0, 0.05) is 10.0 Å². The van der Waals surface area contributed by atoms with Crippen LogP contribution in [0.1, 0.15) is 15.9 Å². The average Bonchev–Trinajstić information content (AvgIpc) is 2.64. The molecule has 0 unspecified atom stereocenters. The zero-order valence-corrected chi connectivity index (χ0v) is 15.4. The number of halogens is 3. The maximum atomic E-state index is 13.8. The fraction of sp³-hybridized carbons (Fsp3) is 0. The third-order valence-corrected chi connectivity index (χ3v) is 4.01. The molecule has 3 aromatic carbocycles. The molecule has 0 bridgehead atoms. The van der Waals surface area contributed by atoms with Gasteiger partial charge in [0.05, 0.1) is 11.9 Å². The van der Waals surface area contributed by atoms with Crippen molar-refractivity contribution in [3.63, 3.8) is 0 Å². The Morgan fingerprint density at radius 3 is 2.41 bits per heavy atom. The minimum absolute atomic E-state index is 0.115. The number of nitrogens with zero attached hydrogens (tertiary/aromatic N) is 1. The van der Waals surface area contributed by atoms with E-state index >= 15 is 0 Å². The van der Waals surface area contributed by atoms with E-state index in [1.807, 2.05) is 30.3 Å². The second-order valence-corrected chi connectivity index (χ2v) is 6.32. The number of carbonyl (C=O) groups is 1. The number of benzene rings is 3. The zero-order chi connectivity index (χ0) is 19.2. The molecule has 0 atom stereocenters. The summed E-state index contributed by atoms with van der Waals surface area (Å²) < 4.78 is 33.5. The number of hydrogen-bond acceptors (Lipinski definition) is 4. The van der Waals surface area contributed by atoms with Gasteiger partial charge in [0.2, 0.25) is 0 Å². The third kappa shape index (κ3) is 4.77. The van der Waals surface area contributed by atoms with Crippen molar-refractivity contribution in [2.45, 2.75) is 0 Å². The molecule has 1 N–H and O–H groups in total. The van der Waals surface area contributed by atoms with Crippen LogP contribution in [0.25, 0.3) is 0 Å². The minimum Gasteiger partial charge on any atom is -0.422 e. The van der Waals surface area contributed by atoms with E-state index in [1.165, 1.54) is 18.3 Å². The standard InChI is InChI=1S/C20H13BrF2N2O2/c21-14-9-10-18(27-20(26)19-16(22)7-4-8-17(19)23)13(11-14)12-24-25-15-5-2-1-3-6-15/h1-12,25H. The summed E-state index contributed by atoms with van der Waals surface area (Å²) in [4.78, 5) is 12.2. The molecule has 4 nitrogen and oxygen atoms in total. The number of hydrogen-bond donors (Lipinski definition) is 1. The molecule has 0 aliphatic rings. The van der Waals surface area contributed by atoms with E-state index in [4.69, 9.17) is 4.74 Å². The Labute approximate surface area is 162 Å². The highest BCUT2D eigenvalue weighted by atomic mass is 79.9. The summed E-state index contributed by atoms with van der Waals surface area (Å²) in [7, 11) is 0. The summed E-state index contributed by atoms with van der Waals surface area (Å²) in [6, 6.07) is 17.2. The van der Waals surface area contributed by atoms with E-state index in [9.17, 15) is 13.6 Å². The van der Waals surface area contributed by atoms with Crippen molar-refractivity contribution in [3.8, 4) is 5.75 Å². The van der Waals surface area contributed by atoms with Gasteiger partial charge in [-0.15, -0.1) is 0 Å². The van der Waals surface area contributed by atoms with E-state index in [0.717, 1.165) is 22.3 Å². The molecule has 0 spiro atoms. The Morgan fingerprint density at radius 2 is 1.70 bits per heavy atom. The van der Waals surface area contributed by atoms with E-state index in [1.54, 1.807) is 12.1 Å². The summed E-state index contributed by atoms with van der Waals surface area (Å²) in [6.07, 6.45) is 1.44. The molecule has 0 aliphatic heterocycles. The molecule has 0 aromatic heterocycles. The van der Waals surface area contributed by atoms with Crippen molar-refractivity contribution in [2.75, 3.05) is 5.43 Å². The second kappa shape index (κ2) is 8.55. The molecule has 0 saturated carbocycles. The molecular formula is C20H13BrF2N2O2. The topological polar surface area (TPSA) is 50.7 Å². The van der Waals surface area contributed by atoms with Gasteiger partial charge < -0.3 is 4.74 Å². The van der Waals surface area contributed by atoms with E-state index in [2.05, 4.69) is 26.5 Å². The van der Waals surface area contributed by atoms with E-state index < -0.39 is 23.2 Å². The fourth-order valence-corrected chi connectivity index (χ4v) is 2.62. The lowest BCUT2D eigenvalue weighted by molar-refractivity contribution is 0.0724. The molecule has 3 rings (SSSR count). The van der Waals surface area contributed by atoms with Crippen molar-refractivity contribution in [3.05, 3.63) is 94.0 Å². The van der Waals surface area contributed by atoms with Crippen LogP contribution in [-0.4, -0.2) is 12.2 Å². The maximum Gasteiger partial charge on any atom is 0.349 e. The fourth-order valence-electron chi connectivity index (χ4n) is 2.25. The van der Waals surface area contributed by atoms with Gasteiger partial charge in [-0.3, -0.25) is 5.43 Å². The molecule has 0 amide bonds. The van der Waals surface area contributed by atoms with E-state index in [0.29, 0.717) is 5.56 Å². The van der Waals surface area contributed by atoms with Crippen molar-refractivity contribution < 1.29 is 18.3 Å². The smallest absolute Gasteiger partial charge is 0.349 e. The van der Waals surface area contributed by atoms with Crippen LogP contribution in [0.3, 0.4) is 0 Å². The number of nitrogens with one attached hydrogen (secondary N) is 1. The molecule has 7 heteroatoms. The van der Waals surface area contributed by atoms with Crippen LogP contribution < -0.4 is 10.2 Å². The molecule has 0 aliphatic carbocycles. The highest BCUT2D eigenvalue weighted by molar-refractivity contribution is 9.10. The Kier molecular flexibility index (Phi) is 5.93. The Balaban J connectivity index is 1.83. The molecule has 0 heterocycles. The number of hydrazone groups is 1. The molecule has 0 radical (unpaired) electrons. The van der Waals surface area contributed by atoms with Crippen LogP contribution in [0.5, 0.6) is 5.75 Å². The first-order chi connectivity index (χ1) is 13.0. The van der Waals surface area contributed by atoms with Gasteiger partial charge in [0.15, 0.2) is 0 Å². The third-order valence-electron chi connectivity index (χ3n) is 3.51. The number of anilines is 1. The summed E-state index contributed by atoms with van der Waals surface area (Å²) in [5.74, 6) is -2.99. The van der Waals surface area contributed by atoms with Crippen molar-refractivity contribution >= 4 is 33.8 Å². The molecule has 3 aromatic rings. The van der Waals surface area contributed by atoms with Crippen LogP contribution in [0.15, 0.2) is 76.3 Å². The molecular weight excluding hydrogens is 418 g/mol. The number of para-hydroxylation sites is 1. The van der Waals surface area contributed by atoms with E-state index in [-0.39, 0.29) is 5.75 Å². The van der Waals surface area contributed by atoms with Crippen LogP contribution in [-0.2, 0) is 0 Å². The average molecular weight is 431 g/mol. The van der Waals surface area contributed by atoms with Crippen LogP contribution >= 0.6 is 15.9 Å². The summed E-state index contributed by atoms with van der Waals surface area (Å²) >= 11 is 3.32. The van der Waals surface area contributed by atoms with Gasteiger partial charge in [-0.1, -0.05) is 40.2 Å². The monoisotopic (exact) mass is 430 g/mol. The van der Waals surface area contributed by atoms with Crippen LogP contribution in [0, 0.1) is 11.6 Å². The Bertz CT molecular complexity index is 974. The predicted octanol–water partition coefficient (Wildman–Crippen LogP) is 5.39. The summed E-state index contributed by atoms with van der Waals surface area (Å²) in [5, 5.41) is 4.09. The number of carbonyl (C=O) groups excluding carboxylic acids is 1. The van der Waals surface area contributed by atoms with Gasteiger partial charge in [0.25, 0.3) is 0 Å². The maximum absolute atomic E-state index is 13.8. The number of esters is 1. The molecule has 0 saturated heterocycles. The van der Waals surface area contributed by atoms with Crippen LogP contribution in [0.4, 0.5) is 14.5 Å². The number of ether oxygens (including phenoxy) is 1. The molecule has 136 valence electrons. The minimum atomic E-state index is -1.13. The molecule has 0 fully saturated rings. The van der Waals surface area contributed by atoms with Crippen LogP contribution in [0.2, 0.25) is 0 Å². The zero-order valence-electron chi connectivity index (χ0n) is 13.8. The highest BCUT2D eigenvalue weighted by Crippen LogP contribution is 2.24. The Hall–Kier alpha value is -3.06.